The number of aromatic carboxylic acids is 1. The second kappa shape index (κ2) is 13.5. The van der Waals surface area contributed by atoms with Crippen molar-refractivity contribution in [2.24, 2.45) is 0 Å². The number of carbonyl (C=O) groups is 1. The van der Waals surface area contributed by atoms with Crippen LogP contribution >= 0.6 is 0 Å². The summed E-state index contributed by atoms with van der Waals surface area (Å²) in [4.78, 5) is 22.0. The molecule has 3 aromatic rings. The van der Waals surface area contributed by atoms with Crippen LogP contribution in [0.4, 0.5) is 13.2 Å². The maximum Gasteiger partial charge on any atom is 0.416 e. The summed E-state index contributed by atoms with van der Waals surface area (Å²) in [5.74, 6) is -1.59. The molecule has 0 radical (unpaired) electrons. The molecule has 0 bridgehead atoms. The predicted octanol–water partition coefficient (Wildman–Crippen LogP) is 4.55. The number of hydrogen-bond donors (Lipinski definition) is 0. The lowest BCUT2D eigenvalue weighted by atomic mass is 9.94. The number of halogens is 3. The predicted molar refractivity (Wildman–Crippen MR) is 165 cm³/mol. The number of rotatable bonds is 9. The van der Waals surface area contributed by atoms with Crippen molar-refractivity contribution in [2.75, 3.05) is 39.5 Å². The number of piperidine rings is 1. The Morgan fingerprint density at radius 1 is 1.15 bits per heavy atom. The minimum Gasteiger partial charge on any atom is -0.545 e. The van der Waals surface area contributed by atoms with Gasteiger partial charge in [0.1, 0.15) is 10.6 Å². The SMILES string of the molecule is CCOc1cc2nc(-c3cccc(C(F)(F)F)c3)c(CN3CCC(N4CCOCC4C)CC3)c(C(=O)[O-])c2cc1S(=O)(=O)C(C)C. The number of fused-ring (bicyclic) bond motifs is 1. The standard InChI is InChI=1S/C33H40F3N3O6S/c1-5-45-28-17-27-25(16-29(28)46(42,43)20(2)3)30(32(40)41)26(31(37-27)22-7-6-8-23(15-22)33(34,35)36)18-38-11-9-24(10-12-38)39-13-14-44-19-21(39)4/h6-8,15-17,20-21,24H,5,9-14,18-19H2,1-4H3,(H,40,41)/p-1. The second-order valence-electron chi connectivity index (χ2n) is 12.2. The van der Waals surface area contributed by atoms with E-state index in [2.05, 4.69) is 16.7 Å². The van der Waals surface area contributed by atoms with E-state index >= 15 is 0 Å². The molecule has 0 aliphatic carbocycles. The number of carboxylic acids is 1. The Morgan fingerprint density at radius 2 is 1.87 bits per heavy atom. The maximum absolute atomic E-state index is 13.8. The fourth-order valence-electron chi connectivity index (χ4n) is 6.44. The van der Waals surface area contributed by atoms with Crippen LogP contribution in [0, 0.1) is 0 Å². The lowest BCUT2D eigenvalue weighted by Gasteiger charge is -2.43. The number of morpholine rings is 1. The van der Waals surface area contributed by atoms with Crippen molar-refractivity contribution in [1.82, 2.24) is 14.8 Å². The maximum atomic E-state index is 13.8. The molecule has 1 atom stereocenters. The number of carboxylic acid groups (broad SMARTS) is 1. The number of hydrogen-bond acceptors (Lipinski definition) is 9. The van der Waals surface area contributed by atoms with Gasteiger partial charge in [-0.3, -0.25) is 9.80 Å². The number of benzene rings is 2. The molecule has 2 fully saturated rings. The van der Waals surface area contributed by atoms with E-state index < -0.39 is 32.8 Å². The number of aromatic nitrogens is 1. The molecule has 0 spiro atoms. The molecule has 3 heterocycles. The lowest BCUT2D eigenvalue weighted by Crippen LogP contribution is -2.52. The van der Waals surface area contributed by atoms with E-state index in [9.17, 15) is 31.5 Å². The van der Waals surface area contributed by atoms with Crippen LogP contribution in [0.25, 0.3) is 22.2 Å². The van der Waals surface area contributed by atoms with Gasteiger partial charge >= 0.3 is 6.18 Å². The first-order valence-electron chi connectivity index (χ1n) is 15.5. The monoisotopic (exact) mass is 662 g/mol. The van der Waals surface area contributed by atoms with Crippen LogP contribution in [0.1, 0.15) is 62.0 Å². The van der Waals surface area contributed by atoms with Crippen molar-refractivity contribution in [3.63, 3.8) is 0 Å². The second-order valence-corrected chi connectivity index (χ2v) is 14.7. The Kier molecular flexibility index (Phi) is 9.97. The first kappa shape index (κ1) is 34.1. The number of likely N-dealkylation sites (tertiary alicyclic amines) is 1. The minimum absolute atomic E-state index is 0.0114. The van der Waals surface area contributed by atoms with Crippen LogP contribution in [0.15, 0.2) is 41.3 Å². The van der Waals surface area contributed by atoms with E-state index in [0.29, 0.717) is 32.3 Å². The fourth-order valence-corrected chi connectivity index (χ4v) is 7.63. The largest absolute Gasteiger partial charge is 0.545 e. The molecular formula is C33H39F3N3O6S-. The molecule has 0 saturated carbocycles. The topological polar surface area (TPSA) is 112 Å². The van der Waals surface area contributed by atoms with E-state index in [1.165, 1.54) is 38.1 Å². The number of carbonyl (C=O) groups excluding carboxylic acids is 1. The first-order chi connectivity index (χ1) is 21.7. The van der Waals surface area contributed by atoms with Gasteiger partial charge in [0, 0.05) is 53.3 Å². The van der Waals surface area contributed by atoms with Gasteiger partial charge in [-0.25, -0.2) is 13.4 Å². The van der Waals surface area contributed by atoms with Gasteiger partial charge in [-0.15, -0.1) is 0 Å². The van der Waals surface area contributed by atoms with Gasteiger partial charge in [0.25, 0.3) is 0 Å². The van der Waals surface area contributed by atoms with Gasteiger partial charge < -0.3 is 19.4 Å². The molecule has 0 amide bonds. The number of ether oxygens (including phenoxy) is 2. The smallest absolute Gasteiger partial charge is 0.416 e. The molecule has 2 saturated heterocycles. The summed E-state index contributed by atoms with van der Waals surface area (Å²) in [6.07, 6.45) is -3.00. The van der Waals surface area contributed by atoms with E-state index in [0.717, 1.165) is 31.5 Å². The summed E-state index contributed by atoms with van der Waals surface area (Å²) in [5.41, 5.74) is -0.818. The van der Waals surface area contributed by atoms with Crippen LogP contribution in [0.3, 0.4) is 0 Å². The summed E-state index contributed by atoms with van der Waals surface area (Å²) in [7, 11) is -3.92. The molecule has 1 aromatic heterocycles. The van der Waals surface area contributed by atoms with Crippen molar-refractivity contribution >= 4 is 26.7 Å². The van der Waals surface area contributed by atoms with E-state index in [1.54, 1.807) is 6.92 Å². The molecule has 5 rings (SSSR count). The van der Waals surface area contributed by atoms with Crippen LogP contribution < -0.4 is 9.84 Å². The van der Waals surface area contributed by atoms with E-state index in [-0.39, 0.29) is 63.1 Å². The van der Waals surface area contributed by atoms with Gasteiger partial charge in [0.15, 0.2) is 9.84 Å². The molecule has 0 N–H and O–H groups in total. The zero-order valence-electron chi connectivity index (χ0n) is 26.4. The zero-order chi connectivity index (χ0) is 33.4. The summed E-state index contributed by atoms with van der Waals surface area (Å²) in [6.45, 7) is 10.4. The highest BCUT2D eigenvalue weighted by molar-refractivity contribution is 7.92. The summed E-state index contributed by atoms with van der Waals surface area (Å²) < 4.78 is 79.3. The van der Waals surface area contributed by atoms with Crippen molar-refractivity contribution < 1.29 is 41.0 Å². The summed E-state index contributed by atoms with van der Waals surface area (Å²) in [5, 5.41) is 12.1. The first-order valence-corrected chi connectivity index (χ1v) is 17.1. The number of pyridine rings is 1. The number of nitrogens with zero attached hydrogens (tertiary/aromatic N) is 3. The van der Waals surface area contributed by atoms with Gasteiger partial charge in [-0.1, -0.05) is 12.1 Å². The van der Waals surface area contributed by atoms with Crippen LogP contribution in [0.5, 0.6) is 5.75 Å². The Morgan fingerprint density at radius 3 is 2.48 bits per heavy atom. The van der Waals surface area contributed by atoms with Gasteiger partial charge in [0.2, 0.25) is 0 Å². The molecule has 1 unspecified atom stereocenters. The van der Waals surface area contributed by atoms with Crippen molar-refractivity contribution in [3.05, 3.63) is 53.1 Å². The van der Waals surface area contributed by atoms with Gasteiger partial charge in [0.05, 0.1) is 47.8 Å². The fraction of sp³-hybridized carbons (Fsp3) is 0.515. The Bertz CT molecular complexity index is 1700. The summed E-state index contributed by atoms with van der Waals surface area (Å²) in [6, 6.07) is 7.81. The lowest BCUT2D eigenvalue weighted by molar-refractivity contribution is -0.254. The summed E-state index contributed by atoms with van der Waals surface area (Å²) >= 11 is 0. The van der Waals surface area contributed by atoms with Crippen molar-refractivity contribution in [1.29, 1.82) is 0 Å². The highest BCUT2D eigenvalue weighted by Crippen LogP contribution is 2.39. The van der Waals surface area contributed by atoms with Crippen molar-refractivity contribution in [3.8, 4) is 17.0 Å². The van der Waals surface area contributed by atoms with E-state index in [1.807, 2.05) is 0 Å². The average molecular weight is 663 g/mol. The van der Waals surface area contributed by atoms with Gasteiger partial charge in [-0.2, -0.15) is 13.2 Å². The minimum atomic E-state index is -4.63. The highest BCUT2D eigenvalue weighted by Gasteiger charge is 2.33. The Labute approximate surface area is 267 Å². The molecule has 2 aliphatic heterocycles. The molecule has 13 heteroatoms. The number of alkyl halides is 3. The molecule has 2 aromatic carbocycles. The number of sulfone groups is 1. The normalized spacial score (nSPS) is 19.2. The molecule has 46 heavy (non-hydrogen) atoms. The average Bonchev–Trinajstić information content (AvgIpc) is 3.00. The molecule has 2 aliphatic rings. The van der Waals surface area contributed by atoms with Crippen molar-refractivity contribution in [2.45, 2.75) is 75.5 Å². The van der Waals surface area contributed by atoms with Gasteiger partial charge in [-0.05, 0) is 71.8 Å². The molecule has 250 valence electrons. The third kappa shape index (κ3) is 6.87. The Hall–Kier alpha value is -3.26. The van der Waals surface area contributed by atoms with Crippen LogP contribution in [-0.4, -0.2) is 86.0 Å². The van der Waals surface area contributed by atoms with Crippen LogP contribution in [-0.2, 0) is 27.3 Å². The highest BCUT2D eigenvalue weighted by atomic mass is 32.2. The van der Waals surface area contributed by atoms with E-state index in [4.69, 9.17) is 14.5 Å². The molecule has 9 nitrogen and oxygen atoms in total. The molecular weight excluding hydrogens is 623 g/mol. The Balaban J connectivity index is 1.67. The van der Waals surface area contributed by atoms with Crippen LogP contribution in [0.2, 0.25) is 0 Å². The zero-order valence-corrected chi connectivity index (χ0v) is 27.2. The third-order valence-corrected chi connectivity index (χ3v) is 11.0. The quantitative estimate of drug-likeness (QED) is 0.326. The third-order valence-electron chi connectivity index (χ3n) is 8.87.